The highest BCUT2D eigenvalue weighted by Crippen LogP contribution is 2.23. The summed E-state index contributed by atoms with van der Waals surface area (Å²) < 4.78 is 0. The van der Waals surface area contributed by atoms with E-state index in [1.165, 1.54) is 0 Å². The largest absolute Gasteiger partial charge is 0.331 e. The van der Waals surface area contributed by atoms with Gasteiger partial charge in [0.2, 0.25) is 11.8 Å². The molecule has 1 unspecified atom stereocenters. The van der Waals surface area contributed by atoms with Gasteiger partial charge in [-0.3, -0.25) is 9.59 Å². The Kier molecular flexibility index (Phi) is 4.55. The molecule has 2 heterocycles. The first-order valence-corrected chi connectivity index (χ1v) is 8.15. The van der Waals surface area contributed by atoms with E-state index < -0.39 is 0 Å². The van der Waals surface area contributed by atoms with Crippen molar-refractivity contribution in [1.29, 1.82) is 0 Å². The van der Waals surface area contributed by atoms with Gasteiger partial charge in [-0.05, 0) is 30.7 Å². The predicted octanol–water partition coefficient (Wildman–Crippen LogP) is 2.96. The maximum absolute atomic E-state index is 12.6. The van der Waals surface area contributed by atoms with Crippen LogP contribution in [0, 0.1) is 0 Å². The number of benzene rings is 1. The average molecular weight is 311 g/mol. The van der Waals surface area contributed by atoms with Crippen molar-refractivity contribution in [2.24, 2.45) is 0 Å². The summed E-state index contributed by atoms with van der Waals surface area (Å²) in [6, 6.07) is 9.33. The normalized spacial score (nSPS) is 17.4. The second kappa shape index (κ2) is 6.77. The van der Waals surface area contributed by atoms with Gasteiger partial charge in [-0.2, -0.15) is 0 Å². The molecule has 1 N–H and O–H groups in total. The SMILES string of the molecule is CCCC(=O)N1CCCC1C(=O)Nc1nccc2ccccc12. The van der Waals surface area contributed by atoms with Crippen molar-refractivity contribution < 1.29 is 9.59 Å². The number of rotatable bonds is 4. The number of hydrogen-bond acceptors (Lipinski definition) is 3. The van der Waals surface area contributed by atoms with E-state index in [9.17, 15) is 9.59 Å². The molecule has 2 amide bonds. The van der Waals surface area contributed by atoms with Crippen LogP contribution in [0.4, 0.5) is 5.82 Å². The summed E-state index contributed by atoms with van der Waals surface area (Å²) in [6.45, 7) is 2.64. The van der Waals surface area contributed by atoms with Gasteiger partial charge in [-0.1, -0.05) is 31.2 Å². The standard InChI is InChI=1S/C18H21N3O2/c1-2-6-16(22)21-12-5-9-15(21)18(23)20-17-14-8-4-3-7-13(14)10-11-19-17/h3-4,7-8,10-11,15H,2,5-6,9,12H2,1H3,(H,19,20,23). The molecule has 1 aromatic carbocycles. The Morgan fingerprint density at radius 1 is 1.30 bits per heavy atom. The van der Waals surface area contributed by atoms with Gasteiger partial charge in [0.25, 0.3) is 0 Å². The van der Waals surface area contributed by atoms with Gasteiger partial charge in [0.05, 0.1) is 0 Å². The van der Waals surface area contributed by atoms with Crippen molar-refractivity contribution in [3.63, 3.8) is 0 Å². The number of carbonyl (C=O) groups is 2. The highest BCUT2D eigenvalue weighted by Gasteiger charge is 2.33. The van der Waals surface area contributed by atoms with Crippen LogP contribution in [0.3, 0.4) is 0 Å². The molecule has 1 saturated heterocycles. The number of aromatic nitrogens is 1. The minimum Gasteiger partial charge on any atom is -0.331 e. The van der Waals surface area contributed by atoms with Crippen molar-refractivity contribution in [1.82, 2.24) is 9.88 Å². The summed E-state index contributed by atoms with van der Waals surface area (Å²) in [5.41, 5.74) is 0. The third-order valence-electron chi connectivity index (χ3n) is 4.25. The van der Waals surface area contributed by atoms with Crippen LogP contribution in [-0.2, 0) is 9.59 Å². The second-order valence-corrected chi connectivity index (χ2v) is 5.87. The molecule has 0 aliphatic carbocycles. The summed E-state index contributed by atoms with van der Waals surface area (Å²) in [4.78, 5) is 30.8. The van der Waals surface area contributed by atoms with Gasteiger partial charge in [-0.15, -0.1) is 0 Å². The third-order valence-corrected chi connectivity index (χ3v) is 4.25. The third kappa shape index (κ3) is 3.18. The first-order valence-electron chi connectivity index (χ1n) is 8.15. The van der Waals surface area contributed by atoms with Crippen LogP contribution in [0.1, 0.15) is 32.6 Å². The van der Waals surface area contributed by atoms with Crippen LogP contribution >= 0.6 is 0 Å². The number of anilines is 1. The Hall–Kier alpha value is -2.43. The molecule has 3 rings (SSSR count). The Balaban J connectivity index is 1.79. The maximum atomic E-state index is 12.6. The van der Waals surface area contributed by atoms with Gasteiger partial charge in [0.15, 0.2) is 0 Å². The van der Waals surface area contributed by atoms with Gasteiger partial charge < -0.3 is 10.2 Å². The van der Waals surface area contributed by atoms with E-state index >= 15 is 0 Å². The van der Waals surface area contributed by atoms with Crippen LogP contribution in [0.15, 0.2) is 36.5 Å². The molecule has 120 valence electrons. The monoisotopic (exact) mass is 311 g/mol. The lowest BCUT2D eigenvalue weighted by atomic mass is 10.1. The molecule has 1 aliphatic heterocycles. The molecule has 5 nitrogen and oxygen atoms in total. The molecule has 0 bridgehead atoms. The van der Waals surface area contributed by atoms with Crippen molar-refractivity contribution in [2.45, 2.75) is 38.6 Å². The van der Waals surface area contributed by atoms with Gasteiger partial charge >= 0.3 is 0 Å². The van der Waals surface area contributed by atoms with Crippen molar-refractivity contribution >= 4 is 28.4 Å². The minimum absolute atomic E-state index is 0.0658. The summed E-state index contributed by atoms with van der Waals surface area (Å²) in [5.74, 6) is 0.481. The average Bonchev–Trinajstić information content (AvgIpc) is 3.05. The van der Waals surface area contributed by atoms with Gasteiger partial charge in [-0.25, -0.2) is 4.98 Å². The summed E-state index contributed by atoms with van der Waals surface area (Å²) in [7, 11) is 0. The predicted molar refractivity (Wildman–Crippen MR) is 90.0 cm³/mol. The Morgan fingerprint density at radius 3 is 2.96 bits per heavy atom. The molecule has 1 atom stereocenters. The van der Waals surface area contributed by atoms with E-state index in [4.69, 9.17) is 0 Å². The van der Waals surface area contributed by atoms with E-state index in [1.807, 2.05) is 37.3 Å². The maximum Gasteiger partial charge on any atom is 0.248 e. The van der Waals surface area contributed by atoms with E-state index in [0.29, 0.717) is 25.2 Å². The molecule has 0 radical (unpaired) electrons. The lowest BCUT2D eigenvalue weighted by Gasteiger charge is -2.23. The van der Waals surface area contributed by atoms with Crippen LogP contribution in [-0.4, -0.2) is 34.3 Å². The van der Waals surface area contributed by atoms with E-state index in [1.54, 1.807) is 11.1 Å². The quantitative estimate of drug-likeness (QED) is 0.944. The number of nitrogens with one attached hydrogen (secondary N) is 1. The first kappa shape index (κ1) is 15.5. The van der Waals surface area contributed by atoms with Crippen LogP contribution in [0.25, 0.3) is 10.8 Å². The van der Waals surface area contributed by atoms with Crippen molar-refractivity contribution in [3.05, 3.63) is 36.5 Å². The van der Waals surface area contributed by atoms with Gasteiger partial charge in [0.1, 0.15) is 11.9 Å². The summed E-state index contributed by atoms with van der Waals surface area (Å²) in [5, 5.41) is 4.85. The summed E-state index contributed by atoms with van der Waals surface area (Å²) in [6.07, 6.45) is 4.57. The topological polar surface area (TPSA) is 62.3 Å². The smallest absolute Gasteiger partial charge is 0.248 e. The zero-order valence-corrected chi connectivity index (χ0v) is 13.3. The van der Waals surface area contributed by atoms with E-state index in [0.717, 1.165) is 23.6 Å². The first-order chi connectivity index (χ1) is 11.2. The molecule has 2 aromatic rings. The number of likely N-dealkylation sites (tertiary alicyclic amines) is 1. The molecular weight excluding hydrogens is 290 g/mol. The molecule has 0 saturated carbocycles. The zero-order valence-electron chi connectivity index (χ0n) is 13.3. The summed E-state index contributed by atoms with van der Waals surface area (Å²) >= 11 is 0. The fraction of sp³-hybridized carbons (Fsp3) is 0.389. The number of hydrogen-bond donors (Lipinski definition) is 1. The Morgan fingerprint density at radius 2 is 2.13 bits per heavy atom. The number of pyridine rings is 1. The number of nitrogens with zero attached hydrogens (tertiary/aromatic N) is 2. The molecule has 1 fully saturated rings. The Labute approximate surface area is 135 Å². The van der Waals surface area contributed by atoms with Gasteiger partial charge in [0, 0.05) is 24.5 Å². The lowest BCUT2D eigenvalue weighted by Crippen LogP contribution is -2.43. The molecular formula is C18H21N3O2. The Bertz CT molecular complexity index is 724. The van der Waals surface area contributed by atoms with Crippen LogP contribution < -0.4 is 5.32 Å². The molecule has 1 aliphatic rings. The molecule has 0 spiro atoms. The number of carbonyl (C=O) groups excluding carboxylic acids is 2. The highest BCUT2D eigenvalue weighted by molar-refractivity contribution is 6.03. The molecule has 1 aromatic heterocycles. The minimum atomic E-state index is -0.380. The van der Waals surface area contributed by atoms with E-state index in [2.05, 4.69) is 10.3 Å². The molecule has 5 heteroatoms. The highest BCUT2D eigenvalue weighted by atomic mass is 16.2. The van der Waals surface area contributed by atoms with Crippen LogP contribution in [0.5, 0.6) is 0 Å². The number of fused-ring (bicyclic) bond motifs is 1. The van der Waals surface area contributed by atoms with E-state index in [-0.39, 0.29) is 17.9 Å². The van der Waals surface area contributed by atoms with Crippen molar-refractivity contribution in [3.8, 4) is 0 Å². The lowest BCUT2D eigenvalue weighted by molar-refractivity contribution is -0.136. The van der Waals surface area contributed by atoms with Crippen LogP contribution in [0.2, 0.25) is 0 Å². The number of amides is 2. The zero-order chi connectivity index (χ0) is 16.2. The van der Waals surface area contributed by atoms with Crippen molar-refractivity contribution in [2.75, 3.05) is 11.9 Å². The molecule has 23 heavy (non-hydrogen) atoms. The fourth-order valence-electron chi connectivity index (χ4n) is 3.11. The fourth-order valence-corrected chi connectivity index (χ4v) is 3.11. The second-order valence-electron chi connectivity index (χ2n) is 5.87.